The van der Waals surface area contributed by atoms with Gasteiger partial charge in [-0.15, -0.1) is 0 Å². The highest BCUT2D eigenvalue weighted by molar-refractivity contribution is 6.33. The molecule has 1 atom stereocenters. The molecule has 5 nitrogen and oxygen atoms in total. The number of nitrogens with one attached hydrogen (secondary N) is 2. The fourth-order valence-corrected chi connectivity index (χ4v) is 3.48. The summed E-state index contributed by atoms with van der Waals surface area (Å²) in [4.78, 5) is 12.5. The molecule has 0 aliphatic heterocycles. The highest BCUT2D eigenvalue weighted by atomic mass is 35.5. The first-order chi connectivity index (χ1) is 12.3. The largest absolute Gasteiger partial charge is 0.292 e. The summed E-state index contributed by atoms with van der Waals surface area (Å²) in [5.74, 6) is -0.429. The van der Waals surface area contributed by atoms with Crippen molar-refractivity contribution >= 4 is 23.7 Å². The van der Waals surface area contributed by atoms with Crippen molar-refractivity contribution in [2.45, 2.75) is 40.0 Å². The van der Waals surface area contributed by atoms with Crippen LogP contribution in [0, 0.1) is 17.2 Å². The zero-order valence-electron chi connectivity index (χ0n) is 15.1. The Balaban J connectivity index is 1.74. The summed E-state index contributed by atoms with van der Waals surface area (Å²) in [6.45, 7) is 6.64. The Morgan fingerprint density at radius 3 is 2.92 bits per heavy atom. The van der Waals surface area contributed by atoms with Crippen LogP contribution in [-0.4, -0.2) is 22.3 Å². The van der Waals surface area contributed by atoms with Crippen molar-refractivity contribution in [3.63, 3.8) is 0 Å². The van der Waals surface area contributed by atoms with E-state index in [0.29, 0.717) is 11.6 Å². The van der Waals surface area contributed by atoms with Crippen LogP contribution in [0.25, 0.3) is 0 Å². The lowest BCUT2D eigenvalue weighted by Gasteiger charge is -2.33. The SMILES string of the molecule is CC(C)(C)[C@@H]1CCc2[nH]nc(C(=O)N/N=C\c3c(F)cccc3Cl)c2C1. The van der Waals surface area contributed by atoms with Gasteiger partial charge in [0.1, 0.15) is 5.82 Å². The molecular weight excluding hydrogens is 355 g/mol. The van der Waals surface area contributed by atoms with Crippen LogP contribution in [0.5, 0.6) is 0 Å². The molecule has 2 aromatic rings. The predicted octanol–water partition coefficient (Wildman–Crippen LogP) is 4.12. The maximum absolute atomic E-state index is 13.7. The lowest BCUT2D eigenvalue weighted by atomic mass is 9.71. The number of hydrogen-bond acceptors (Lipinski definition) is 3. The first kappa shape index (κ1) is 18.6. The molecule has 0 fully saturated rings. The number of halogens is 2. The summed E-state index contributed by atoms with van der Waals surface area (Å²) in [5.41, 5.74) is 5.03. The van der Waals surface area contributed by atoms with Crippen molar-refractivity contribution in [1.82, 2.24) is 15.6 Å². The maximum Gasteiger partial charge on any atom is 0.292 e. The van der Waals surface area contributed by atoms with E-state index in [0.717, 1.165) is 30.5 Å². The highest BCUT2D eigenvalue weighted by Crippen LogP contribution is 2.37. The summed E-state index contributed by atoms with van der Waals surface area (Å²) < 4.78 is 13.7. The molecule has 0 saturated carbocycles. The molecule has 1 aliphatic carbocycles. The van der Waals surface area contributed by atoms with Crippen LogP contribution >= 0.6 is 11.6 Å². The average Bonchev–Trinajstić information content (AvgIpc) is 3.00. The van der Waals surface area contributed by atoms with E-state index in [9.17, 15) is 9.18 Å². The summed E-state index contributed by atoms with van der Waals surface area (Å²) in [6.07, 6.45) is 3.96. The van der Waals surface area contributed by atoms with Crippen LogP contribution < -0.4 is 5.43 Å². The third kappa shape index (κ3) is 3.80. The Morgan fingerprint density at radius 2 is 2.23 bits per heavy atom. The van der Waals surface area contributed by atoms with E-state index >= 15 is 0 Å². The average molecular weight is 377 g/mol. The number of nitrogens with zero attached hydrogens (tertiary/aromatic N) is 2. The van der Waals surface area contributed by atoms with Gasteiger partial charge in [0, 0.05) is 16.8 Å². The number of amides is 1. The molecule has 26 heavy (non-hydrogen) atoms. The standard InChI is InChI=1S/C19H22ClFN4O/c1-19(2,3)11-7-8-16-12(9-11)17(24-23-16)18(26)25-22-10-13-14(20)5-4-6-15(13)21/h4-6,10-11H,7-9H2,1-3H3,(H,23,24)(H,25,26)/b22-10-/t11-/m1/s1. The molecule has 1 aromatic heterocycles. The lowest BCUT2D eigenvalue weighted by Crippen LogP contribution is -2.28. The van der Waals surface area contributed by atoms with E-state index in [2.05, 4.69) is 41.5 Å². The van der Waals surface area contributed by atoms with Gasteiger partial charge in [-0.1, -0.05) is 38.4 Å². The second-order valence-corrected chi connectivity index (χ2v) is 8.08. The summed E-state index contributed by atoms with van der Waals surface area (Å²) in [5, 5.41) is 11.2. The molecule has 3 rings (SSSR count). The van der Waals surface area contributed by atoms with Crippen LogP contribution in [0.15, 0.2) is 23.3 Å². The van der Waals surface area contributed by atoms with Gasteiger partial charge in [-0.2, -0.15) is 10.2 Å². The third-order valence-electron chi connectivity index (χ3n) is 4.95. The number of benzene rings is 1. The number of carbonyl (C=O) groups excluding carboxylic acids is 1. The normalized spacial score (nSPS) is 17.3. The molecular formula is C19H22ClFN4O. The Bertz CT molecular complexity index is 833. The van der Waals surface area contributed by atoms with Crippen molar-refractivity contribution in [1.29, 1.82) is 0 Å². The number of fused-ring (bicyclic) bond motifs is 1. The van der Waals surface area contributed by atoms with Crippen molar-refractivity contribution in [3.8, 4) is 0 Å². The first-order valence-electron chi connectivity index (χ1n) is 8.61. The van der Waals surface area contributed by atoms with Crippen LogP contribution in [0.3, 0.4) is 0 Å². The first-order valence-corrected chi connectivity index (χ1v) is 8.98. The van der Waals surface area contributed by atoms with Gasteiger partial charge < -0.3 is 0 Å². The number of hydrogen-bond donors (Lipinski definition) is 2. The topological polar surface area (TPSA) is 70.1 Å². The minimum Gasteiger partial charge on any atom is -0.281 e. The van der Waals surface area contributed by atoms with Crippen LogP contribution in [-0.2, 0) is 12.8 Å². The van der Waals surface area contributed by atoms with Gasteiger partial charge >= 0.3 is 0 Å². The fourth-order valence-electron chi connectivity index (χ4n) is 3.26. The molecule has 1 aliphatic rings. The molecule has 1 aromatic carbocycles. The van der Waals surface area contributed by atoms with E-state index in [-0.39, 0.29) is 16.0 Å². The number of H-pyrrole nitrogens is 1. The van der Waals surface area contributed by atoms with E-state index in [1.807, 2.05) is 0 Å². The van der Waals surface area contributed by atoms with Crippen molar-refractivity contribution in [3.05, 3.63) is 51.6 Å². The molecule has 0 saturated heterocycles. The zero-order valence-corrected chi connectivity index (χ0v) is 15.8. The van der Waals surface area contributed by atoms with Gasteiger partial charge in [0.25, 0.3) is 5.91 Å². The Labute approximate surface area is 157 Å². The van der Waals surface area contributed by atoms with Crippen LogP contribution in [0.4, 0.5) is 4.39 Å². The third-order valence-corrected chi connectivity index (χ3v) is 5.27. The van der Waals surface area contributed by atoms with E-state index in [1.165, 1.54) is 18.3 Å². The molecule has 0 radical (unpaired) electrons. The second kappa shape index (κ2) is 7.19. The Kier molecular flexibility index (Phi) is 5.14. The summed E-state index contributed by atoms with van der Waals surface area (Å²) in [6, 6.07) is 4.35. The molecule has 1 heterocycles. The number of aromatic amines is 1. The molecule has 1 amide bonds. The number of aryl methyl sites for hydroxylation is 1. The number of carbonyl (C=O) groups is 1. The summed E-state index contributed by atoms with van der Waals surface area (Å²) >= 11 is 5.94. The molecule has 7 heteroatoms. The highest BCUT2D eigenvalue weighted by Gasteiger charge is 2.32. The zero-order chi connectivity index (χ0) is 18.9. The number of aromatic nitrogens is 2. The molecule has 2 N–H and O–H groups in total. The quantitative estimate of drug-likeness (QED) is 0.625. The smallest absolute Gasteiger partial charge is 0.281 e. The monoisotopic (exact) mass is 376 g/mol. The van der Waals surface area contributed by atoms with Crippen LogP contribution in [0.2, 0.25) is 5.02 Å². The molecule has 0 spiro atoms. The van der Waals surface area contributed by atoms with Crippen LogP contribution in [0.1, 0.15) is 54.5 Å². The lowest BCUT2D eigenvalue weighted by molar-refractivity contribution is 0.0948. The summed E-state index contributed by atoms with van der Waals surface area (Å²) in [7, 11) is 0. The Hall–Kier alpha value is -2.21. The number of rotatable bonds is 3. The molecule has 0 unspecified atom stereocenters. The molecule has 138 valence electrons. The van der Waals surface area contributed by atoms with Gasteiger partial charge in [0.2, 0.25) is 0 Å². The van der Waals surface area contributed by atoms with Gasteiger partial charge in [0.15, 0.2) is 5.69 Å². The van der Waals surface area contributed by atoms with Gasteiger partial charge in [-0.3, -0.25) is 9.89 Å². The minimum atomic E-state index is -0.499. The minimum absolute atomic E-state index is 0.131. The van der Waals surface area contributed by atoms with Gasteiger partial charge in [0.05, 0.1) is 11.2 Å². The van der Waals surface area contributed by atoms with Gasteiger partial charge in [-0.25, -0.2) is 9.82 Å². The molecule has 0 bridgehead atoms. The predicted molar refractivity (Wildman–Crippen MR) is 100 cm³/mol. The van der Waals surface area contributed by atoms with Crippen molar-refractivity contribution in [2.75, 3.05) is 0 Å². The Morgan fingerprint density at radius 1 is 1.46 bits per heavy atom. The number of hydrazone groups is 1. The van der Waals surface area contributed by atoms with Crippen molar-refractivity contribution < 1.29 is 9.18 Å². The van der Waals surface area contributed by atoms with Crippen molar-refractivity contribution in [2.24, 2.45) is 16.4 Å². The fraction of sp³-hybridized carbons (Fsp3) is 0.421. The van der Waals surface area contributed by atoms with E-state index < -0.39 is 11.7 Å². The maximum atomic E-state index is 13.7. The van der Waals surface area contributed by atoms with E-state index in [4.69, 9.17) is 11.6 Å². The van der Waals surface area contributed by atoms with E-state index in [1.54, 1.807) is 6.07 Å². The second-order valence-electron chi connectivity index (χ2n) is 7.67. The van der Waals surface area contributed by atoms with Gasteiger partial charge in [-0.05, 0) is 42.7 Å².